The van der Waals surface area contributed by atoms with Crippen LogP contribution in [-0.2, 0) is 9.47 Å². The number of carbonyl (C=O) groups is 1. The Kier molecular flexibility index (Phi) is 6.62. The molecule has 1 rings (SSSR count). The van der Waals surface area contributed by atoms with Gasteiger partial charge in [-0.05, 0) is 18.2 Å². The third kappa shape index (κ3) is 4.70. The Morgan fingerprint density at radius 2 is 1.84 bits per heavy atom. The molecule has 1 amide bonds. The zero-order chi connectivity index (χ0) is 14.3. The van der Waals surface area contributed by atoms with Crippen molar-refractivity contribution in [3.8, 4) is 0 Å². The van der Waals surface area contributed by atoms with E-state index < -0.39 is 0 Å². The van der Waals surface area contributed by atoms with Crippen LogP contribution in [0.1, 0.15) is 10.4 Å². The first-order valence-electron chi connectivity index (χ1n) is 5.92. The molecule has 0 aliphatic rings. The van der Waals surface area contributed by atoms with E-state index in [1.165, 1.54) is 0 Å². The summed E-state index contributed by atoms with van der Waals surface area (Å²) >= 11 is 5.93. The number of methoxy groups -OCH3 is 2. The van der Waals surface area contributed by atoms with E-state index >= 15 is 0 Å². The summed E-state index contributed by atoms with van der Waals surface area (Å²) in [6.45, 7) is 1.94. The van der Waals surface area contributed by atoms with Crippen LogP contribution in [0.5, 0.6) is 0 Å². The average Bonchev–Trinajstić information content (AvgIpc) is 2.41. The maximum atomic E-state index is 12.3. The second kappa shape index (κ2) is 7.99. The zero-order valence-corrected chi connectivity index (χ0v) is 11.9. The van der Waals surface area contributed by atoms with Gasteiger partial charge in [0, 0.05) is 32.9 Å². The minimum absolute atomic E-state index is 0.115. The number of amides is 1. The van der Waals surface area contributed by atoms with Gasteiger partial charge in [0.05, 0.1) is 23.9 Å². The van der Waals surface area contributed by atoms with Crippen molar-refractivity contribution in [1.82, 2.24) is 4.90 Å². The fourth-order valence-corrected chi connectivity index (χ4v) is 1.74. The first kappa shape index (κ1) is 15.8. The molecule has 0 fully saturated rings. The van der Waals surface area contributed by atoms with Crippen LogP contribution in [0.3, 0.4) is 0 Å². The van der Waals surface area contributed by atoms with Crippen molar-refractivity contribution < 1.29 is 14.3 Å². The van der Waals surface area contributed by atoms with Gasteiger partial charge >= 0.3 is 0 Å². The third-order valence-corrected chi connectivity index (χ3v) is 2.99. The monoisotopic (exact) mass is 286 g/mol. The van der Waals surface area contributed by atoms with Gasteiger partial charge in [0.15, 0.2) is 0 Å². The molecule has 0 atom stereocenters. The molecule has 1 aromatic rings. The van der Waals surface area contributed by atoms with Crippen molar-refractivity contribution in [2.75, 3.05) is 46.3 Å². The van der Waals surface area contributed by atoms with Gasteiger partial charge in [0.1, 0.15) is 0 Å². The first-order valence-corrected chi connectivity index (χ1v) is 6.30. The number of ether oxygens (including phenoxy) is 2. The van der Waals surface area contributed by atoms with Gasteiger partial charge in [-0.25, -0.2) is 0 Å². The standard InChI is InChI=1S/C13H19ClN2O3/c1-18-7-5-16(6-8-19-2)13(17)10-3-4-12(15)11(14)9-10/h3-4,9H,5-8,15H2,1-2H3. The summed E-state index contributed by atoms with van der Waals surface area (Å²) in [5.74, 6) is -0.115. The maximum Gasteiger partial charge on any atom is 0.254 e. The van der Waals surface area contributed by atoms with Crippen molar-refractivity contribution >= 4 is 23.2 Å². The van der Waals surface area contributed by atoms with Crippen molar-refractivity contribution in [3.05, 3.63) is 28.8 Å². The van der Waals surface area contributed by atoms with Crippen LogP contribution in [0.25, 0.3) is 0 Å². The number of nitrogens with two attached hydrogens (primary N) is 1. The molecule has 0 aromatic heterocycles. The Labute approximate surface area is 118 Å². The number of rotatable bonds is 7. The fraction of sp³-hybridized carbons (Fsp3) is 0.462. The summed E-state index contributed by atoms with van der Waals surface area (Å²) in [6.07, 6.45) is 0. The number of nitrogens with zero attached hydrogens (tertiary/aromatic N) is 1. The van der Waals surface area contributed by atoms with Crippen LogP contribution in [0.4, 0.5) is 5.69 Å². The van der Waals surface area contributed by atoms with Crippen LogP contribution in [0, 0.1) is 0 Å². The molecule has 0 bridgehead atoms. The van der Waals surface area contributed by atoms with E-state index in [-0.39, 0.29) is 5.91 Å². The molecule has 5 nitrogen and oxygen atoms in total. The number of benzene rings is 1. The van der Waals surface area contributed by atoms with E-state index in [0.29, 0.717) is 42.6 Å². The van der Waals surface area contributed by atoms with E-state index in [9.17, 15) is 4.79 Å². The quantitative estimate of drug-likeness (QED) is 0.774. The lowest BCUT2D eigenvalue weighted by molar-refractivity contribution is 0.0627. The molecule has 0 saturated carbocycles. The maximum absolute atomic E-state index is 12.3. The molecular weight excluding hydrogens is 268 g/mol. The van der Waals surface area contributed by atoms with Crippen LogP contribution < -0.4 is 5.73 Å². The minimum Gasteiger partial charge on any atom is -0.398 e. The molecule has 0 spiro atoms. The summed E-state index contributed by atoms with van der Waals surface area (Å²) in [5, 5.41) is 0.379. The van der Waals surface area contributed by atoms with Crippen LogP contribution in [0.2, 0.25) is 5.02 Å². The second-order valence-corrected chi connectivity index (χ2v) is 4.42. The number of anilines is 1. The van der Waals surface area contributed by atoms with Gasteiger partial charge in [-0.3, -0.25) is 4.79 Å². The molecule has 6 heteroatoms. The number of halogens is 1. The lowest BCUT2D eigenvalue weighted by Gasteiger charge is -2.22. The summed E-state index contributed by atoms with van der Waals surface area (Å²) in [6, 6.07) is 4.86. The Bertz CT molecular complexity index is 418. The summed E-state index contributed by atoms with van der Waals surface area (Å²) < 4.78 is 10.0. The number of hydrogen-bond donors (Lipinski definition) is 1. The van der Waals surface area contributed by atoms with Crippen molar-refractivity contribution in [1.29, 1.82) is 0 Å². The molecule has 106 valence electrons. The number of nitrogen functional groups attached to an aromatic ring is 1. The highest BCUT2D eigenvalue weighted by Gasteiger charge is 2.16. The largest absolute Gasteiger partial charge is 0.398 e. The van der Waals surface area contributed by atoms with E-state index in [4.69, 9.17) is 26.8 Å². The smallest absolute Gasteiger partial charge is 0.254 e. The van der Waals surface area contributed by atoms with Gasteiger partial charge in [0.2, 0.25) is 0 Å². The van der Waals surface area contributed by atoms with E-state index in [1.807, 2.05) is 0 Å². The summed E-state index contributed by atoms with van der Waals surface area (Å²) in [7, 11) is 3.19. The Hall–Kier alpha value is -1.30. The molecule has 0 saturated heterocycles. The minimum atomic E-state index is -0.115. The van der Waals surface area contributed by atoms with Crippen molar-refractivity contribution in [2.45, 2.75) is 0 Å². The molecule has 0 unspecified atom stereocenters. The second-order valence-electron chi connectivity index (χ2n) is 4.01. The van der Waals surface area contributed by atoms with Gasteiger partial charge in [-0.15, -0.1) is 0 Å². The lowest BCUT2D eigenvalue weighted by atomic mass is 10.2. The fourth-order valence-electron chi connectivity index (χ4n) is 1.56. The molecule has 2 N–H and O–H groups in total. The highest BCUT2D eigenvalue weighted by atomic mass is 35.5. The van der Waals surface area contributed by atoms with E-state index in [1.54, 1.807) is 37.3 Å². The van der Waals surface area contributed by atoms with Gasteiger partial charge in [-0.2, -0.15) is 0 Å². The number of carbonyl (C=O) groups excluding carboxylic acids is 1. The molecule has 0 heterocycles. The van der Waals surface area contributed by atoms with E-state index in [0.717, 1.165) is 0 Å². The Balaban J connectivity index is 2.81. The molecule has 1 aromatic carbocycles. The third-order valence-electron chi connectivity index (χ3n) is 2.67. The molecule has 0 radical (unpaired) electrons. The van der Waals surface area contributed by atoms with Gasteiger partial charge < -0.3 is 20.1 Å². The predicted molar refractivity (Wildman–Crippen MR) is 75.5 cm³/mol. The topological polar surface area (TPSA) is 64.8 Å². The highest BCUT2D eigenvalue weighted by Crippen LogP contribution is 2.20. The molecule has 0 aliphatic carbocycles. The van der Waals surface area contributed by atoms with Crippen molar-refractivity contribution in [3.63, 3.8) is 0 Å². The first-order chi connectivity index (χ1) is 9.10. The zero-order valence-electron chi connectivity index (χ0n) is 11.2. The van der Waals surface area contributed by atoms with Crippen LogP contribution in [0.15, 0.2) is 18.2 Å². The van der Waals surface area contributed by atoms with Crippen LogP contribution in [-0.4, -0.2) is 51.3 Å². The highest BCUT2D eigenvalue weighted by molar-refractivity contribution is 6.33. The Morgan fingerprint density at radius 1 is 1.26 bits per heavy atom. The van der Waals surface area contributed by atoms with Crippen LogP contribution >= 0.6 is 11.6 Å². The SMILES string of the molecule is COCCN(CCOC)C(=O)c1ccc(N)c(Cl)c1. The average molecular weight is 287 g/mol. The molecule has 0 aliphatic heterocycles. The normalized spacial score (nSPS) is 10.5. The van der Waals surface area contributed by atoms with E-state index in [2.05, 4.69) is 0 Å². The summed E-state index contributed by atoms with van der Waals surface area (Å²) in [5.41, 5.74) is 6.59. The number of hydrogen-bond acceptors (Lipinski definition) is 4. The molecular formula is C13H19ClN2O3. The van der Waals surface area contributed by atoms with Crippen molar-refractivity contribution in [2.24, 2.45) is 0 Å². The predicted octanol–water partition coefficient (Wildman–Crippen LogP) is 1.66. The summed E-state index contributed by atoms with van der Waals surface area (Å²) in [4.78, 5) is 14.0. The molecule has 19 heavy (non-hydrogen) atoms. The van der Waals surface area contributed by atoms with Gasteiger partial charge in [-0.1, -0.05) is 11.6 Å². The Morgan fingerprint density at radius 3 is 2.32 bits per heavy atom. The van der Waals surface area contributed by atoms with Gasteiger partial charge in [0.25, 0.3) is 5.91 Å². The lowest BCUT2D eigenvalue weighted by Crippen LogP contribution is -2.36.